The second-order valence-electron chi connectivity index (χ2n) is 6.93. The van der Waals surface area contributed by atoms with Crippen LogP contribution in [0.2, 0.25) is 0 Å². The molecule has 3 aliphatic rings. The third-order valence-electron chi connectivity index (χ3n) is 5.31. The topological polar surface area (TPSA) is 38.8 Å². The number of hydrogen-bond donors (Lipinski definition) is 0. The average Bonchev–Trinajstić information content (AvgIpc) is 3.11. The smallest absolute Gasteiger partial charge is 0.240 e. The molecule has 0 aromatic carbocycles. The number of allylic oxidation sites excluding steroid dienone is 6. The fourth-order valence-corrected chi connectivity index (χ4v) is 3.98. The number of amides is 1. The van der Waals surface area contributed by atoms with Gasteiger partial charge in [-0.25, -0.2) is 0 Å². The van der Waals surface area contributed by atoms with Crippen molar-refractivity contribution >= 4 is 5.91 Å². The average molecular weight is 353 g/mol. The number of ether oxygens (including phenoxy) is 2. The maximum atomic E-state index is 13.1. The summed E-state index contributed by atoms with van der Waals surface area (Å²) in [5.41, 5.74) is 2.39. The Kier molecular flexibility index (Phi) is 5.21. The van der Waals surface area contributed by atoms with E-state index < -0.39 is 5.41 Å². The van der Waals surface area contributed by atoms with Crippen molar-refractivity contribution in [3.05, 3.63) is 71.8 Å². The lowest BCUT2D eigenvalue weighted by molar-refractivity contribution is -0.133. The number of likely N-dealkylation sites (N-methyl/N-ethyl adjacent to an activating group) is 1. The molecule has 4 nitrogen and oxygen atoms in total. The second kappa shape index (κ2) is 7.40. The first-order valence-electron chi connectivity index (χ1n) is 9.18. The van der Waals surface area contributed by atoms with Gasteiger partial charge < -0.3 is 14.4 Å². The van der Waals surface area contributed by atoms with E-state index in [9.17, 15) is 4.79 Å². The van der Waals surface area contributed by atoms with Crippen LogP contribution in [0.25, 0.3) is 0 Å². The van der Waals surface area contributed by atoms with Gasteiger partial charge in [-0.1, -0.05) is 44.4 Å². The number of carbonyl (C=O) groups excluding carboxylic acids is 1. The Morgan fingerprint density at radius 2 is 2.12 bits per heavy atom. The Balaban J connectivity index is 2.06. The van der Waals surface area contributed by atoms with Crippen molar-refractivity contribution in [2.45, 2.75) is 26.2 Å². The van der Waals surface area contributed by atoms with Crippen LogP contribution in [0, 0.1) is 5.41 Å². The van der Waals surface area contributed by atoms with E-state index in [4.69, 9.17) is 9.47 Å². The molecule has 2 saturated heterocycles. The molecule has 3 aliphatic heterocycles. The molecule has 1 unspecified atom stereocenters. The van der Waals surface area contributed by atoms with Gasteiger partial charge in [0.05, 0.1) is 6.61 Å². The molecule has 2 fully saturated rings. The van der Waals surface area contributed by atoms with E-state index in [0.717, 1.165) is 47.5 Å². The molecule has 0 bridgehead atoms. The van der Waals surface area contributed by atoms with Gasteiger partial charge >= 0.3 is 0 Å². The van der Waals surface area contributed by atoms with Gasteiger partial charge in [0.15, 0.2) is 0 Å². The van der Waals surface area contributed by atoms with Crippen molar-refractivity contribution in [1.29, 1.82) is 0 Å². The highest BCUT2D eigenvalue weighted by Gasteiger charge is 2.55. The predicted molar refractivity (Wildman–Crippen MR) is 103 cm³/mol. The van der Waals surface area contributed by atoms with E-state index in [-0.39, 0.29) is 5.91 Å². The summed E-state index contributed by atoms with van der Waals surface area (Å²) < 4.78 is 11.8. The standard InChI is InChI=1S/C22H27NO3/c1-5-7-8-11-17-14-23(4)21(24)22(17)15-26-20(18(22)6-2)13-19-16(3)10-9-12-25-19/h5,7-8,11,13H,1,3,6,9-10,12,14-15H2,2,4H3/b8-7-,17-11+,19-13+. The van der Waals surface area contributed by atoms with Crippen molar-refractivity contribution in [2.75, 3.05) is 26.8 Å². The molecule has 0 aromatic rings. The SMILES string of the molecule is C=C/C=C\C=C1/CN(C)C(=O)C12COC(/C=C1/OCCCC1=C)=C2CC. The van der Waals surface area contributed by atoms with E-state index in [1.165, 1.54) is 0 Å². The Morgan fingerprint density at radius 3 is 2.81 bits per heavy atom. The lowest BCUT2D eigenvalue weighted by Crippen LogP contribution is -2.35. The van der Waals surface area contributed by atoms with E-state index in [0.29, 0.717) is 19.8 Å². The van der Waals surface area contributed by atoms with Crippen LogP contribution in [-0.4, -0.2) is 37.6 Å². The van der Waals surface area contributed by atoms with Crippen LogP contribution in [0.15, 0.2) is 71.8 Å². The zero-order valence-corrected chi connectivity index (χ0v) is 15.7. The molecule has 4 heteroatoms. The maximum absolute atomic E-state index is 13.1. The highest BCUT2D eigenvalue weighted by Crippen LogP contribution is 2.50. The highest BCUT2D eigenvalue weighted by molar-refractivity contribution is 5.94. The minimum absolute atomic E-state index is 0.101. The Morgan fingerprint density at radius 1 is 1.31 bits per heavy atom. The summed E-state index contributed by atoms with van der Waals surface area (Å²) in [6.45, 7) is 11.5. The van der Waals surface area contributed by atoms with Crippen molar-refractivity contribution in [3.8, 4) is 0 Å². The summed E-state index contributed by atoms with van der Waals surface area (Å²) in [5, 5.41) is 0. The van der Waals surface area contributed by atoms with E-state index in [1.54, 1.807) is 11.0 Å². The van der Waals surface area contributed by atoms with Crippen LogP contribution >= 0.6 is 0 Å². The first kappa shape index (κ1) is 18.3. The molecule has 0 aliphatic carbocycles. The van der Waals surface area contributed by atoms with Crippen LogP contribution in [0.5, 0.6) is 0 Å². The number of carbonyl (C=O) groups is 1. The van der Waals surface area contributed by atoms with Gasteiger partial charge in [-0.15, -0.1) is 0 Å². The number of rotatable bonds is 4. The Labute approximate surface area is 155 Å². The molecule has 0 N–H and O–H groups in total. The summed E-state index contributed by atoms with van der Waals surface area (Å²) in [6, 6.07) is 0. The zero-order valence-electron chi connectivity index (χ0n) is 15.7. The first-order valence-corrected chi connectivity index (χ1v) is 9.18. The summed E-state index contributed by atoms with van der Waals surface area (Å²) in [7, 11) is 1.85. The number of likely N-dealkylation sites (tertiary alicyclic amines) is 1. The largest absolute Gasteiger partial charge is 0.493 e. The van der Waals surface area contributed by atoms with Crippen LogP contribution in [0.4, 0.5) is 0 Å². The van der Waals surface area contributed by atoms with Crippen LogP contribution in [-0.2, 0) is 14.3 Å². The minimum atomic E-state index is -0.697. The normalized spacial score (nSPS) is 29.4. The van der Waals surface area contributed by atoms with Crippen LogP contribution in [0.1, 0.15) is 26.2 Å². The third-order valence-corrected chi connectivity index (χ3v) is 5.31. The van der Waals surface area contributed by atoms with Gasteiger partial charge in [0.2, 0.25) is 5.91 Å². The monoisotopic (exact) mass is 353 g/mol. The highest BCUT2D eigenvalue weighted by atomic mass is 16.5. The summed E-state index contributed by atoms with van der Waals surface area (Å²) in [6.07, 6.45) is 12.2. The molecule has 0 radical (unpaired) electrons. The lowest BCUT2D eigenvalue weighted by atomic mass is 9.75. The van der Waals surface area contributed by atoms with Crippen molar-refractivity contribution in [1.82, 2.24) is 4.90 Å². The summed E-state index contributed by atoms with van der Waals surface area (Å²) in [5.74, 6) is 1.64. The minimum Gasteiger partial charge on any atom is -0.493 e. The van der Waals surface area contributed by atoms with Crippen molar-refractivity contribution < 1.29 is 14.3 Å². The molecule has 0 aromatic heterocycles. The number of hydrogen-bond acceptors (Lipinski definition) is 3. The molecular formula is C22H27NO3. The maximum Gasteiger partial charge on any atom is 0.240 e. The van der Waals surface area contributed by atoms with Gasteiger partial charge in [-0.3, -0.25) is 4.79 Å². The Bertz CT molecular complexity index is 753. The molecule has 3 heterocycles. The quantitative estimate of drug-likeness (QED) is 0.716. The summed E-state index contributed by atoms with van der Waals surface area (Å²) in [4.78, 5) is 14.9. The molecule has 1 amide bonds. The molecule has 138 valence electrons. The molecule has 26 heavy (non-hydrogen) atoms. The van der Waals surface area contributed by atoms with E-state index >= 15 is 0 Å². The fraction of sp³-hybridized carbons (Fsp3) is 0.409. The predicted octanol–water partition coefficient (Wildman–Crippen LogP) is 4.06. The van der Waals surface area contributed by atoms with Gasteiger partial charge in [0.25, 0.3) is 0 Å². The fourth-order valence-electron chi connectivity index (χ4n) is 3.98. The zero-order chi connectivity index (χ0) is 18.7. The summed E-state index contributed by atoms with van der Waals surface area (Å²) >= 11 is 0. The van der Waals surface area contributed by atoms with Crippen LogP contribution in [0.3, 0.4) is 0 Å². The van der Waals surface area contributed by atoms with Gasteiger partial charge in [0.1, 0.15) is 23.5 Å². The first-order chi connectivity index (χ1) is 12.5. The molecule has 0 saturated carbocycles. The van der Waals surface area contributed by atoms with Crippen molar-refractivity contribution in [2.24, 2.45) is 5.41 Å². The van der Waals surface area contributed by atoms with Crippen LogP contribution < -0.4 is 0 Å². The lowest BCUT2D eigenvalue weighted by Gasteiger charge is -2.24. The molecule has 1 spiro atoms. The van der Waals surface area contributed by atoms with Crippen molar-refractivity contribution in [3.63, 3.8) is 0 Å². The molecule has 3 rings (SSSR count). The third kappa shape index (κ3) is 2.94. The molecule has 1 atom stereocenters. The van der Waals surface area contributed by atoms with Gasteiger partial charge in [-0.05, 0) is 36.0 Å². The van der Waals surface area contributed by atoms with E-state index in [1.807, 2.05) is 31.4 Å². The number of nitrogens with zero attached hydrogens (tertiary/aromatic N) is 1. The Hall–Kier alpha value is -2.49. The molecular weight excluding hydrogens is 326 g/mol. The second-order valence-corrected chi connectivity index (χ2v) is 6.93. The van der Waals surface area contributed by atoms with Gasteiger partial charge in [0, 0.05) is 19.7 Å². The van der Waals surface area contributed by atoms with Gasteiger partial charge in [-0.2, -0.15) is 0 Å². The van der Waals surface area contributed by atoms with E-state index in [2.05, 4.69) is 20.1 Å².